The molecule has 19 heavy (non-hydrogen) atoms. The molecule has 2 atom stereocenters. The van der Waals surface area contributed by atoms with Crippen LogP contribution in [0.4, 0.5) is 0 Å². The van der Waals surface area contributed by atoms with E-state index in [1.165, 1.54) is 0 Å². The first-order valence-electron chi connectivity index (χ1n) is 6.80. The van der Waals surface area contributed by atoms with Crippen LogP contribution in [0.2, 0.25) is 0 Å². The number of carbonyl (C=O) groups excluding carboxylic acids is 1. The van der Waals surface area contributed by atoms with Crippen molar-refractivity contribution in [1.29, 1.82) is 0 Å². The minimum atomic E-state index is -0.0789. The summed E-state index contributed by atoms with van der Waals surface area (Å²) in [5.74, 6) is -0.0789. The van der Waals surface area contributed by atoms with Crippen LogP contribution in [0.1, 0.15) is 30.0 Å². The van der Waals surface area contributed by atoms with Crippen molar-refractivity contribution in [3.05, 3.63) is 17.5 Å². The van der Waals surface area contributed by atoms with E-state index in [1.807, 2.05) is 19.9 Å². The van der Waals surface area contributed by atoms with Crippen molar-refractivity contribution in [2.75, 3.05) is 20.2 Å². The van der Waals surface area contributed by atoms with Gasteiger partial charge in [-0.15, -0.1) is 0 Å². The Labute approximate surface area is 113 Å². The van der Waals surface area contributed by atoms with Crippen LogP contribution < -0.4 is 10.6 Å². The molecule has 1 aliphatic heterocycles. The number of hydrogen-bond donors (Lipinski definition) is 2. The van der Waals surface area contributed by atoms with Crippen molar-refractivity contribution in [2.45, 2.75) is 39.0 Å². The minimum Gasteiger partial charge on any atom is -0.378 e. The zero-order chi connectivity index (χ0) is 13.8. The van der Waals surface area contributed by atoms with Crippen LogP contribution in [-0.2, 0) is 17.7 Å². The molecule has 1 aromatic heterocycles. The SMILES string of the molecule is CCc1cc(C(=O)NC2CNC[C@@H]2OC)n(CC)n1. The molecule has 1 aliphatic rings. The van der Waals surface area contributed by atoms with Crippen LogP contribution in [0.15, 0.2) is 6.07 Å². The van der Waals surface area contributed by atoms with E-state index in [4.69, 9.17) is 4.74 Å². The molecule has 0 spiro atoms. The zero-order valence-electron chi connectivity index (χ0n) is 11.8. The average Bonchev–Trinajstić information content (AvgIpc) is 3.03. The van der Waals surface area contributed by atoms with Gasteiger partial charge in [-0.05, 0) is 19.4 Å². The summed E-state index contributed by atoms with van der Waals surface area (Å²) in [5.41, 5.74) is 1.57. The maximum Gasteiger partial charge on any atom is 0.269 e. The van der Waals surface area contributed by atoms with Crippen molar-refractivity contribution in [2.24, 2.45) is 0 Å². The summed E-state index contributed by atoms with van der Waals surface area (Å²) in [4.78, 5) is 12.3. The maximum atomic E-state index is 12.3. The standard InChI is InChI=1S/C13H22N4O2/c1-4-9-6-11(17(5-2)16-9)13(18)15-10-7-14-8-12(10)19-3/h6,10,12,14H,4-5,7-8H2,1-3H3,(H,15,18)/t10?,12-/m0/s1. The zero-order valence-corrected chi connectivity index (χ0v) is 11.8. The molecule has 0 bridgehead atoms. The van der Waals surface area contributed by atoms with E-state index in [0.717, 1.165) is 25.2 Å². The first-order valence-corrected chi connectivity index (χ1v) is 6.80. The van der Waals surface area contributed by atoms with Gasteiger partial charge in [-0.3, -0.25) is 9.48 Å². The number of rotatable bonds is 5. The van der Waals surface area contributed by atoms with E-state index in [1.54, 1.807) is 11.8 Å². The Kier molecular flexibility index (Phi) is 4.55. The first kappa shape index (κ1) is 14.0. The molecule has 1 fully saturated rings. The highest BCUT2D eigenvalue weighted by molar-refractivity contribution is 5.93. The average molecular weight is 266 g/mol. The highest BCUT2D eigenvalue weighted by Crippen LogP contribution is 2.09. The largest absolute Gasteiger partial charge is 0.378 e. The van der Waals surface area contributed by atoms with E-state index in [9.17, 15) is 4.79 Å². The molecule has 6 nitrogen and oxygen atoms in total. The smallest absolute Gasteiger partial charge is 0.269 e. The van der Waals surface area contributed by atoms with Crippen LogP contribution >= 0.6 is 0 Å². The van der Waals surface area contributed by atoms with E-state index in [0.29, 0.717) is 12.2 Å². The Hall–Kier alpha value is -1.40. The van der Waals surface area contributed by atoms with Crippen molar-refractivity contribution >= 4 is 5.91 Å². The molecule has 2 rings (SSSR count). The lowest BCUT2D eigenvalue weighted by Crippen LogP contribution is -2.44. The summed E-state index contributed by atoms with van der Waals surface area (Å²) in [5, 5.41) is 10.6. The van der Waals surface area contributed by atoms with Gasteiger partial charge in [-0.25, -0.2) is 0 Å². The van der Waals surface area contributed by atoms with Gasteiger partial charge >= 0.3 is 0 Å². The van der Waals surface area contributed by atoms with E-state index in [-0.39, 0.29) is 18.1 Å². The predicted molar refractivity (Wildman–Crippen MR) is 72.2 cm³/mol. The Morgan fingerprint density at radius 3 is 3.00 bits per heavy atom. The molecule has 0 aromatic carbocycles. The second kappa shape index (κ2) is 6.16. The fourth-order valence-electron chi connectivity index (χ4n) is 2.36. The third kappa shape index (κ3) is 2.96. The summed E-state index contributed by atoms with van der Waals surface area (Å²) in [6, 6.07) is 1.88. The van der Waals surface area contributed by atoms with Gasteiger partial charge in [0.25, 0.3) is 5.91 Å². The van der Waals surface area contributed by atoms with Gasteiger partial charge in [0.1, 0.15) is 5.69 Å². The monoisotopic (exact) mass is 266 g/mol. The normalized spacial score (nSPS) is 22.7. The number of ether oxygens (including phenoxy) is 1. The fourth-order valence-corrected chi connectivity index (χ4v) is 2.36. The van der Waals surface area contributed by atoms with Crippen LogP contribution in [0.3, 0.4) is 0 Å². The number of methoxy groups -OCH3 is 1. The molecule has 1 unspecified atom stereocenters. The lowest BCUT2D eigenvalue weighted by Gasteiger charge is -2.18. The van der Waals surface area contributed by atoms with E-state index in [2.05, 4.69) is 15.7 Å². The summed E-state index contributed by atoms with van der Waals surface area (Å²) in [7, 11) is 1.67. The molecule has 2 heterocycles. The number of amides is 1. The summed E-state index contributed by atoms with van der Waals surface area (Å²) < 4.78 is 7.09. The topological polar surface area (TPSA) is 68.2 Å². The molecule has 0 aliphatic carbocycles. The van der Waals surface area contributed by atoms with E-state index < -0.39 is 0 Å². The minimum absolute atomic E-state index is 0.0165. The highest BCUT2D eigenvalue weighted by atomic mass is 16.5. The molecule has 2 N–H and O–H groups in total. The lowest BCUT2D eigenvalue weighted by atomic mass is 10.2. The summed E-state index contributed by atoms with van der Waals surface area (Å²) in [6.45, 7) is 6.23. The fraction of sp³-hybridized carbons (Fsp3) is 0.692. The number of hydrogen-bond acceptors (Lipinski definition) is 4. The molecule has 0 radical (unpaired) electrons. The van der Waals surface area contributed by atoms with Crippen LogP contribution in [0.25, 0.3) is 0 Å². The molecular formula is C13H22N4O2. The second-order valence-corrected chi connectivity index (χ2v) is 4.70. The van der Waals surface area contributed by atoms with Gasteiger partial charge in [-0.1, -0.05) is 6.92 Å². The van der Waals surface area contributed by atoms with Crippen molar-refractivity contribution in [3.8, 4) is 0 Å². The molecule has 1 saturated heterocycles. The van der Waals surface area contributed by atoms with E-state index >= 15 is 0 Å². The van der Waals surface area contributed by atoms with Gasteiger partial charge < -0.3 is 15.4 Å². The van der Waals surface area contributed by atoms with Crippen molar-refractivity contribution in [1.82, 2.24) is 20.4 Å². The molecule has 106 valence electrons. The highest BCUT2D eigenvalue weighted by Gasteiger charge is 2.29. The van der Waals surface area contributed by atoms with Gasteiger partial charge in [0.2, 0.25) is 0 Å². The lowest BCUT2D eigenvalue weighted by molar-refractivity contribution is 0.0772. The Morgan fingerprint density at radius 2 is 2.37 bits per heavy atom. The molecule has 6 heteroatoms. The molecular weight excluding hydrogens is 244 g/mol. The number of aromatic nitrogens is 2. The Balaban J connectivity index is 2.09. The van der Waals surface area contributed by atoms with Gasteiger partial charge in [0, 0.05) is 26.7 Å². The molecule has 0 saturated carbocycles. The second-order valence-electron chi connectivity index (χ2n) is 4.70. The molecule has 1 aromatic rings. The Bertz CT molecular complexity index is 444. The van der Waals surface area contributed by atoms with Gasteiger partial charge in [-0.2, -0.15) is 5.10 Å². The Morgan fingerprint density at radius 1 is 1.58 bits per heavy atom. The number of nitrogens with zero attached hydrogens (tertiary/aromatic N) is 2. The first-order chi connectivity index (χ1) is 9.19. The quantitative estimate of drug-likeness (QED) is 0.798. The third-order valence-corrected chi connectivity index (χ3v) is 3.50. The third-order valence-electron chi connectivity index (χ3n) is 3.50. The molecule has 1 amide bonds. The van der Waals surface area contributed by atoms with Gasteiger partial charge in [0.15, 0.2) is 0 Å². The number of carbonyl (C=O) groups is 1. The van der Waals surface area contributed by atoms with Crippen molar-refractivity contribution < 1.29 is 9.53 Å². The van der Waals surface area contributed by atoms with Crippen LogP contribution in [0, 0.1) is 0 Å². The van der Waals surface area contributed by atoms with Crippen molar-refractivity contribution in [3.63, 3.8) is 0 Å². The van der Waals surface area contributed by atoms with Crippen LogP contribution in [0.5, 0.6) is 0 Å². The number of aryl methyl sites for hydroxylation is 2. The van der Waals surface area contributed by atoms with Gasteiger partial charge in [0.05, 0.1) is 17.8 Å². The van der Waals surface area contributed by atoms with Crippen LogP contribution in [-0.4, -0.2) is 48.0 Å². The maximum absolute atomic E-state index is 12.3. The summed E-state index contributed by atoms with van der Waals surface area (Å²) in [6.07, 6.45) is 0.867. The summed E-state index contributed by atoms with van der Waals surface area (Å²) >= 11 is 0. The predicted octanol–water partition coefficient (Wildman–Crippen LogP) is 0.182. The number of nitrogens with one attached hydrogen (secondary N) is 2.